The minimum atomic E-state index is -1.23. The van der Waals surface area contributed by atoms with Crippen molar-refractivity contribution < 1.29 is 38.1 Å². The Hall–Kier alpha value is -3.16. The first kappa shape index (κ1) is 20.2. The van der Waals surface area contributed by atoms with Gasteiger partial charge in [0.1, 0.15) is 0 Å². The number of ether oxygens (including phenoxy) is 4. The van der Waals surface area contributed by atoms with Gasteiger partial charge in [0.05, 0.1) is 0 Å². The third-order valence-electron chi connectivity index (χ3n) is 3.65. The van der Waals surface area contributed by atoms with Crippen LogP contribution in [0.4, 0.5) is 0 Å². The first-order chi connectivity index (χ1) is 12.8. The summed E-state index contributed by atoms with van der Waals surface area (Å²) in [7, 11) is 0. The third-order valence-corrected chi connectivity index (χ3v) is 3.65. The van der Waals surface area contributed by atoms with E-state index in [2.05, 4.69) is 0 Å². The van der Waals surface area contributed by atoms with Crippen LogP contribution in [-0.2, 0) is 38.1 Å². The molecule has 0 aromatic heterocycles. The highest BCUT2D eigenvalue weighted by molar-refractivity contribution is 5.83. The Bertz CT molecular complexity index is 739. The minimum Gasteiger partial charge on any atom is -0.454 e. The van der Waals surface area contributed by atoms with Gasteiger partial charge in [-0.2, -0.15) is 0 Å². The average molecular weight is 376 g/mol. The molecule has 0 unspecified atom stereocenters. The molecule has 144 valence electrons. The number of carbonyl (C=O) groups is 4. The molecule has 0 fully saturated rings. The maximum absolute atomic E-state index is 11.8. The molecule has 0 N–H and O–H groups in total. The smallest absolute Gasteiger partial charge is 0.331 e. The molecule has 27 heavy (non-hydrogen) atoms. The van der Waals surface area contributed by atoms with E-state index in [-0.39, 0.29) is 0 Å². The number of esters is 4. The molecule has 0 radical (unpaired) electrons. The van der Waals surface area contributed by atoms with Crippen LogP contribution in [0.15, 0.2) is 42.5 Å². The van der Waals surface area contributed by atoms with Crippen LogP contribution in [0.2, 0.25) is 0 Å². The van der Waals surface area contributed by atoms with E-state index >= 15 is 0 Å². The lowest BCUT2D eigenvalue weighted by Gasteiger charge is -2.36. The molecule has 1 aromatic rings. The van der Waals surface area contributed by atoms with Gasteiger partial charge in [0, 0.05) is 26.8 Å². The molecule has 0 spiro atoms. The molecular formula is C19H20O8. The Morgan fingerprint density at radius 3 is 2.15 bits per heavy atom. The molecule has 1 heterocycles. The van der Waals surface area contributed by atoms with Gasteiger partial charge < -0.3 is 18.9 Å². The molecule has 2 rings (SSSR count). The van der Waals surface area contributed by atoms with E-state index < -0.39 is 48.3 Å². The summed E-state index contributed by atoms with van der Waals surface area (Å²) in [6, 6.07) is 8.54. The van der Waals surface area contributed by atoms with E-state index in [4.69, 9.17) is 18.9 Å². The highest BCUT2D eigenvalue weighted by Crippen LogP contribution is 2.31. The van der Waals surface area contributed by atoms with Crippen LogP contribution in [0.1, 0.15) is 32.4 Å². The van der Waals surface area contributed by atoms with Gasteiger partial charge in [0.15, 0.2) is 24.4 Å². The van der Waals surface area contributed by atoms with Crippen molar-refractivity contribution in [2.45, 2.75) is 45.2 Å². The summed E-state index contributed by atoms with van der Waals surface area (Å²) >= 11 is 0. The van der Waals surface area contributed by atoms with Crippen molar-refractivity contribution in [3.63, 3.8) is 0 Å². The summed E-state index contributed by atoms with van der Waals surface area (Å²) in [5, 5.41) is 0. The molecule has 0 amide bonds. The van der Waals surface area contributed by atoms with Crippen molar-refractivity contribution in [2.24, 2.45) is 0 Å². The molecule has 4 atom stereocenters. The summed E-state index contributed by atoms with van der Waals surface area (Å²) in [6.45, 7) is 3.57. The summed E-state index contributed by atoms with van der Waals surface area (Å²) in [4.78, 5) is 46.5. The van der Waals surface area contributed by atoms with Crippen molar-refractivity contribution >= 4 is 23.9 Å². The number of cyclic esters (lactones) is 1. The molecule has 8 heteroatoms. The summed E-state index contributed by atoms with van der Waals surface area (Å²) in [5.74, 6) is -2.61. The Balaban J connectivity index is 2.47. The molecular weight excluding hydrogens is 356 g/mol. The maximum Gasteiger partial charge on any atom is 0.331 e. The van der Waals surface area contributed by atoms with Gasteiger partial charge in [-0.1, -0.05) is 30.3 Å². The van der Waals surface area contributed by atoms with Gasteiger partial charge in [-0.25, -0.2) is 4.79 Å². The maximum atomic E-state index is 11.8. The van der Waals surface area contributed by atoms with Crippen LogP contribution >= 0.6 is 0 Å². The van der Waals surface area contributed by atoms with Crippen molar-refractivity contribution in [1.29, 1.82) is 0 Å². The predicted molar refractivity (Wildman–Crippen MR) is 91.1 cm³/mol. The summed E-state index contributed by atoms with van der Waals surface area (Å²) in [6.07, 6.45) is -2.06. The largest absolute Gasteiger partial charge is 0.454 e. The Kier molecular flexibility index (Phi) is 6.70. The minimum absolute atomic E-state index is 0.520. The summed E-state index contributed by atoms with van der Waals surface area (Å²) < 4.78 is 21.2. The van der Waals surface area contributed by atoms with Gasteiger partial charge in [0.2, 0.25) is 0 Å². The Morgan fingerprint density at radius 2 is 1.59 bits per heavy atom. The van der Waals surface area contributed by atoms with Gasteiger partial charge in [0.25, 0.3) is 0 Å². The van der Waals surface area contributed by atoms with Crippen molar-refractivity contribution in [3.8, 4) is 0 Å². The second-order valence-corrected chi connectivity index (χ2v) is 5.85. The van der Waals surface area contributed by atoms with Crippen LogP contribution in [-0.4, -0.2) is 42.2 Å². The number of hydrogen-bond acceptors (Lipinski definition) is 8. The van der Waals surface area contributed by atoms with E-state index in [1.165, 1.54) is 26.8 Å². The normalized spacial score (nSPS) is 20.8. The second-order valence-electron chi connectivity index (χ2n) is 5.85. The van der Waals surface area contributed by atoms with Crippen LogP contribution in [0, 0.1) is 0 Å². The molecule has 0 bridgehead atoms. The first-order valence-corrected chi connectivity index (χ1v) is 8.23. The highest BCUT2D eigenvalue weighted by atomic mass is 16.6. The van der Waals surface area contributed by atoms with Gasteiger partial charge in [-0.15, -0.1) is 0 Å². The number of rotatable bonds is 6. The molecule has 0 saturated carbocycles. The monoisotopic (exact) mass is 376 g/mol. The Morgan fingerprint density at radius 1 is 0.963 bits per heavy atom. The zero-order valence-corrected chi connectivity index (χ0v) is 15.1. The Labute approximate surface area is 156 Å². The number of benzene rings is 1. The highest BCUT2D eigenvalue weighted by Gasteiger charge is 2.44. The predicted octanol–water partition coefficient (Wildman–Crippen LogP) is 1.64. The lowest BCUT2D eigenvalue weighted by molar-refractivity contribution is -0.196. The fraction of sp³-hybridized carbons (Fsp3) is 0.368. The number of carbonyl (C=O) groups excluding carboxylic acids is 4. The third kappa shape index (κ3) is 5.67. The lowest BCUT2D eigenvalue weighted by Crippen LogP contribution is -2.49. The van der Waals surface area contributed by atoms with Gasteiger partial charge in [-0.05, 0) is 11.6 Å². The zero-order valence-electron chi connectivity index (χ0n) is 15.1. The zero-order chi connectivity index (χ0) is 20.0. The molecule has 8 nitrogen and oxygen atoms in total. The molecule has 1 aliphatic heterocycles. The van der Waals surface area contributed by atoms with E-state index in [0.29, 0.717) is 5.56 Å². The quantitative estimate of drug-likeness (QED) is 0.545. The van der Waals surface area contributed by atoms with Crippen LogP contribution < -0.4 is 0 Å². The number of hydrogen-bond donors (Lipinski definition) is 0. The van der Waals surface area contributed by atoms with Crippen molar-refractivity contribution in [3.05, 3.63) is 48.0 Å². The lowest BCUT2D eigenvalue weighted by atomic mass is 9.95. The van der Waals surface area contributed by atoms with Gasteiger partial charge >= 0.3 is 23.9 Å². The second kappa shape index (κ2) is 8.98. The van der Waals surface area contributed by atoms with Crippen molar-refractivity contribution in [1.82, 2.24) is 0 Å². The molecule has 1 aliphatic rings. The fourth-order valence-electron chi connectivity index (χ4n) is 2.71. The molecule has 0 aliphatic carbocycles. The van der Waals surface area contributed by atoms with E-state index in [1.807, 2.05) is 0 Å². The standard InChI is InChI=1S/C19H20O8/c1-11(20)24-15-9-10-16(23)27-18(15)19(26-13(3)22)17(25-12(2)21)14-7-5-4-6-8-14/h4-10,15,17-19H,1-3H3/t15-,17+,18+,19+/m0/s1. The van der Waals surface area contributed by atoms with E-state index in [0.717, 1.165) is 6.08 Å². The van der Waals surface area contributed by atoms with E-state index in [1.54, 1.807) is 30.3 Å². The molecule has 1 aromatic carbocycles. The van der Waals surface area contributed by atoms with Crippen molar-refractivity contribution in [2.75, 3.05) is 0 Å². The topological polar surface area (TPSA) is 105 Å². The van der Waals surface area contributed by atoms with Crippen LogP contribution in [0.5, 0.6) is 0 Å². The molecule has 0 saturated heterocycles. The van der Waals surface area contributed by atoms with Crippen LogP contribution in [0.3, 0.4) is 0 Å². The van der Waals surface area contributed by atoms with Crippen LogP contribution in [0.25, 0.3) is 0 Å². The van der Waals surface area contributed by atoms with Gasteiger partial charge in [-0.3, -0.25) is 14.4 Å². The summed E-state index contributed by atoms with van der Waals surface area (Å²) in [5.41, 5.74) is 0.520. The first-order valence-electron chi connectivity index (χ1n) is 8.23. The van der Waals surface area contributed by atoms with E-state index in [9.17, 15) is 19.2 Å². The SMILES string of the molecule is CC(=O)O[C@@H]([C@@H]1OC(=O)C=C[C@@H]1OC(C)=O)[C@H](OC(C)=O)c1ccccc1. The average Bonchev–Trinajstić information content (AvgIpc) is 2.59. The fourth-order valence-corrected chi connectivity index (χ4v) is 2.71.